The van der Waals surface area contributed by atoms with Gasteiger partial charge < -0.3 is 0 Å². The topological polar surface area (TPSA) is 16.8 Å². The number of aromatic nitrogens is 2. The predicted molar refractivity (Wildman–Crippen MR) is 160 cm³/mol. The second kappa shape index (κ2) is 9.13. The fraction of sp³-hybridized carbons (Fsp3) is 0.235. The fourth-order valence-corrected chi connectivity index (χ4v) is 7.43. The number of fused-ring (bicyclic) bond motifs is 3. The van der Waals surface area contributed by atoms with Crippen LogP contribution < -0.4 is 4.57 Å². The molecule has 40 heavy (non-hydrogen) atoms. The normalized spacial score (nSPS) is 12.6. The highest BCUT2D eigenvalue weighted by molar-refractivity contribution is 7.23. The molecule has 0 unspecified atom stereocenters. The Kier molecular flexibility index (Phi) is 6.04. The number of aryl methyl sites for hydroxylation is 3. The minimum Gasteiger partial charge on any atom is -0.134 e. The van der Waals surface area contributed by atoms with Crippen LogP contribution in [-0.4, -0.2) is 4.98 Å². The summed E-state index contributed by atoms with van der Waals surface area (Å²) >= 11 is 1.40. The quantitative estimate of drug-likeness (QED) is 0.194. The summed E-state index contributed by atoms with van der Waals surface area (Å²) < 4.78 is 44.0. The van der Waals surface area contributed by atoms with Crippen molar-refractivity contribution in [3.8, 4) is 21.7 Å². The summed E-state index contributed by atoms with van der Waals surface area (Å²) in [6.45, 7) is 12.4. The lowest BCUT2D eigenvalue weighted by Crippen LogP contribution is -2.48. The van der Waals surface area contributed by atoms with E-state index in [-0.39, 0.29) is 10.9 Å². The molecule has 0 amide bonds. The van der Waals surface area contributed by atoms with Gasteiger partial charge in [0.25, 0.3) is 6.33 Å². The van der Waals surface area contributed by atoms with Crippen LogP contribution in [0.2, 0.25) is 0 Å². The van der Waals surface area contributed by atoms with Crippen LogP contribution in [0.25, 0.3) is 53.5 Å². The molecule has 0 saturated heterocycles. The highest BCUT2D eigenvalue weighted by Crippen LogP contribution is 2.45. The van der Waals surface area contributed by atoms with Crippen LogP contribution in [0.3, 0.4) is 0 Å². The molecule has 0 radical (unpaired) electrons. The van der Waals surface area contributed by atoms with Crippen molar-refractivity contribution in [1.29, 1.82) is 0 Å². The van der Waals surface area contributed by atoms with Crippen LogP contribution in [0.15, 0.2) is 73.1 Å². The Labute approximate surface area is 235 Å². The monoisotopic (exact) mass is 555 g/mol. The molecule has 0 bridgehead atoms. The van der Waals surface area contributed by atoms with Crippen molar-refractivity contribution in [2.75, 3.05) is 0 Å². The molecule has 202 valence electrons. The van der Waals surface area contributed by atoms with E-state index in [4.69, 9.17) is 0 Å². The second-order valence-corrected chi connectivity index (χ2v) is 12.6. The number of benzene rings is 4. The predicted octanol–water partition coefficient (Wildman–Crippen LogP) is 9.92. The first-order valence-corrected chi connectivity index (χ1v) is 14.1. The van der Waals surface area contributed by atoms with Gasteiger partial charge in [-0.15, -0.1) is 29.1 Å². The number of thiophene rings is 1. The van der Waals surface area contributed by atoms with Crippen LogP contribution in [0.4, 0.5) is 13.2 Å². The van der Waals surface area contributed by atoms with Crippen molar-refractivity contribution >= 4 is 43.1 Å². The number of halogens is 3. The number of alkyl halides is 3. The zero-order chi connectivity index (χ0) is 28.6. The molecule has 0 spiro atoms. The van der Waals surface area contributed by atoms with E-state index in [1.165, 1.54) is 11.3 Å². The molecule has 6 aromatic rings. The van der Waals surface area contributed by atoms with Crippen LogP contribution in [0.1, 0.15) is 43.0 Å². The third-order valence-corrected chi connectivity index (χ3v) is 9.13. The molecule has 0 aliphatic rings. The summed E-state index contributed by atoms with van der Waals surface area (Å²) in [5.74, 6) is 0. The maximum Gasteiger partial charge on any atom is 0.567 e. The van der Waals surface area contributed by atoms with Crippen molar-refractivity contribution in [3.63, 3.8) is 0 Å². The van der Waals surface area contributed by atoms with Crippen molar-refractivity contribution in [2.45, 2.75) is 53.3 Å². The largest absolute Gasteiger partial charge is 0.567 e. The third kappa shape index (κ3) is 4.17. The Balaban J connectivity index is 1.71. The average molecular weight is 556 g/mol. The van der Waals surface area contributed by atoms with E-state index in [9.17, 15) is 13.2 Å². The van der Waals surface area contributed by atoms with E-state index < -0.39 is 6.30 Å². The van der Waals surface area contributed by atoms with Gasteiger partial charge in [-0.2, -0.15) is 0 Å². The molecular formula is C34H30F3N2S+. The average Bonchev–Trinajstić information content (AvgIpc) is 3.23. The Morgan fingerprint density at radius 3 is 2.05 bits per heavy atom. The molecule has 4 aromatic carbocycles. The summed E-state index contributed by atoms with van der Waals surface area (Å²) in [4.78, 5) is 5.32. The Morgan fingerprint density at radius 2 is 1.40 bits per heavy atom. The fourth-order valence-electron chi connectivity index (χ4n) is 5.94. The lowest BCUT2D eigenvalue weighted by atomic mass is 9.82. The first-order valence-electron chi connectivity index (χ1n) is 13.3. The SMILES string of the molecule is Cc1cc2ccccc2c(C)c1-c1sc2c(-c3cc(C(C)(C)C)c4ccccc4c3)nc[n+](C(F)(F)F)c2c1C. The molecule has 2 nitrogen and oxygen atoms in total. The summed E-state index contributed by atoms with van der Waals surface area (Å²) in [5.41, 5.74) is 6.24. The van der Waals surface area contributed by atoms with E-state index >= 15 is 0 Å². The molecule has 0 N–H and O–H groups in total. The zero-order valence-corrected chi connectivity index (χ0v) is 24.2. The standard InChI is InChI=1S/C34H30F3N2S/c1-19-15-22-11-7-9-13-25(22)20(2)28(19)31-21(3)30-32(40-31)29(38-18-39(30)34(35,36)37)24-16-23-12-8-10-14-26(23)27(17-24)33(4,5)6/h7-18H,1-6H3/q+1. The van der Waals surface area contributed by atoms with E-state index in [0.29, 0.717) is 20.5 Å². The van der Waals surface area contributed by atoms with Crippen molar-refractivity contribution in [2.24, 2.45) is 0 Å². The van der Waals surface area contributed by atoms with Gasteiger partial charge in [0, 0.05) is 16.0 Å². The lowest BCUT2D eigenvalue weighted by molar-refractivity contribution is -0.838. The molecule has 2 heterocycles. The van der Waals surface area contributed by atoms with Gasteiger partial charge in [-0.25, -0.2) is 0 Å². The number of hydrogen-bond donors (Lipinski definition) is 0. The highest BCUT2D eigenvalue weighted by atomic mass is 32.1. The van der Waals surface area contributed by atoms with Crippen molar-refractivity contribution in [3.05, 3.63) is 95.3 Å². The smallest absolute Gasteiger partial charge is 0.134 e. The van der Waals surface area contributed by atoms with Crippen LogP contribution in [-0.2, 0) is 11.7 Å². The Bertz CT molecular complexity index is 1960. The van der Waals surface area contributed by atoms with Crippen molar-refractivity contribution in [1.82, 2.24) is 4.98 Å². The van der Waals surface area contributed by atoms with Gasteiger partial charge in [0.2, 0.25) is 5.69 Å². The molecule has 6 heteroatoms. The summed E-state index contributed by atoms with van der Waals surface area (Å²) in [5, 5.41) is 4.41. The highest BCUT2D eigenvalue weighted by Gasteiger charge is 2.41. The van der Waals surface area contributed by atoms with Gasteiger partial charge in [0.1, 0.15) is 4.70 Å². The molecule has 0 saturated carbocycles. The maximum atomic E-state index is 14.4. The van der Waals surface area contributed by atoms with Gasteiger partial charge in [-0.05, 0) is 87.1 Å². The first kappa shape index (κ1) is 26.5. The maximum absolute atomic E-state index is 14.4. The molecular weight excluding hydrogens is 525 g/mol. The van der Waals surface area contributed by atoms with Crippen molar-refractivity contribution < 1.29 is 17.7 Å². The van der Waals surface area contributed by atoms with Gasteiger partial charge in [-0.1, -0.05) is 75.4 Å². The molecule has 2 aromatic heterocycles. The summed E-state index contributed by atoms with van der Waals surface area (Å²) in [6, 6.07) is 22.6. The molecule has 0 atom stereocenters. The van der Waals surface area contributed by atoms with Gasteiger partial charge >= 0.3 is 6.30 Å². The molecule has 0 aliphatic heterocycles. The van der Waals surface area contributed by atoms with E-state index in [0.717, 1.165) is 60.6 Å². The Hall–Kier alpha value is -3.77. The molecule has 0 aliphatic carbocycles. The first-order chi connectivity index (χ1) is 18.9. The molecule has 6 rings (SSSR count). The van der Waals surface area contributed by atoms with Gasteiger partial charge in [-0.3, -0.25) is 0 Å². The minimum atomic E-state index is -4.60. The minimum absolute atomic E-state index is 0.161. The number of nitrogens with zero attached hydrogens (tertiary/aromatic N) is 2. The lowest BCUT2D eigenvalue weighted by Gasteiger charge is -2.22. The van der Waals surface area contributed by atoms with E-state index in [1.807, 2.05) is 37.3 Å². The summed E-state index contributed by atoms with van der Waals surface area (Å²) in [7, 11) is 0. The number of hydrogen-bond acceptors (Lipinski definition) is 2. The third-order valence-electron chi connectivity index (χ3n) is 7.82. The van der Waals surface area contributed by atoms with Crippen LogP contribution >= 0.6 is 11.3 Å². The van der Waals surface area contributed by atoms with E-state index in [2.05, 4.69) is 69.1 Å². The Morgan fingerprint density at radius 1 is 0.775 bits per heavy atom. The number of rotatable bonds is 2. The second-order valence-electron chi connectivity index (χ2n) is 11.6. The van der Waals surface area contributed by atoms with E-state index in [1.54, 1.807) is 6.92 Å². The van der Waals surface area contributed by atoms with Gasteiger partial charge in [0.05, 0.1) is 0 Å². The van der Waals surface area contributed by atoms with Crippen LogP contribution in [0, 0.1) is 20.8 Å². The zero-order valence-electron chi connectivity index (χ0n) is 23.4. The molecule has 0 fully saturated rings. The summed E-state index contributed by atoms with van der Waals surface area (Å²) in [6.07, 6.45) is -3.66. The van der Waals surface area contributed by atoms with Gasteiger partial charge in [0.15, 0.2) is 5.52 Å². The van der Waals surface area contributed by atoms with Crippen LogP contribution in [0.5, 0.6) is 0 Å².